The van der Waals surface area contributed by atoms with Gasteiger partial charge in [0.25, 0.3) is 0 Å². The van der Waals surface area contributed by atoms with Crippen molar-refractivity contribution in [1.29, 1.82) is 0 Å². The van der Waals surface area contributed by atoms with E-state index in [2.05, 4.69) is 20.8 Å². The molecule has 1 aromatic heterocycles. The molecule has 104 valence electrons. The average Bonchev–Trinajstić information content (AvgIpc) is 3.02. The Labute approximate surface area is 111 Å². The molecule has 19 heavy (non-hydrogen) atoms. The van der Waals surface area contributed by atoms with Gasteiger partial charge in [-0.1, -0.05) is 5.16 Å². The predicted molar refractivity (Wildman–Crippen MR) is 65.3 cm³/mol. The van der Waals surface area contributed by atoms with Crippen LogP contribution < -0.4 is 10.6 Å². The van der Waals surface area contributed by atoms with Crippen molar-refractivity contribution in [2.75, 3.05) is 19.7 Å². The van der Waals surface area contributed by atoms with E-state index in [-0.39, 0.29) is 11.9 Å². The lowest BCUT2D eigenvalue weighted by molar-refractivity contribution is -0.124. The van der Waals surface area contributed by atoms with Crippen molar-refractivity contribution >= 4 is 5.91 Å². The van der Waals surface area contributed by atoms with Crippen molar-refractivity contribution in [3.63, 3.8) is 0 Å². The Hall–Kier alpha value is -1.47. The number of rotatable bonds is 3. The third-order valence-electron chi connectivity index (χ3n) is 3.67. The lowest BCUT2D eigenvalue weighted by Crippen LogP contribution is -2.53. The van der Waals surface area contributed by atoms with Gasteiger partial charge >= 0.3 is 0 Å². The molecule has 0 saturated carbocycles. The van der Waals surface area contributed by atoms with E-state index in [9.17, 15) is 4.79 Å². The normalized spacial score (nSPS) is 31.4. The van der Waals surface area contributed by atoms with E-state index in [0.29, 0.717) is 24.7 Å². The molecule has 7 nitrogen and oxygen atoms in total. The summed E-state index contributed by atoms with van der Waals surface area (Å²) in [5.74, 6) is 1.03. The number of hydrogen-bond acceptors (Lipinski definition) is 6. The van der Waals surface area contributed by atoms with E-state index >= 15 is 0 Å². The lowest BCUT2D eigenvalue weighted by atomic mass is 10.0. The summed E-state index contributed by atoms with van der Waals surface area (Å²) >= 11 is 0. The van der Waals surface area contributed by atoms with E-state index in [1.54, 1.807) is 0 Å². The van der Waals surface area contributed by atoms with Crippen LogP contribution in [0, 0.1) is 0 Å². The van der Waals surface area contributed by atoms with Crippen LogP contribution in [0.2, 0.25) is 0 Å². The fraction of sp³-hybridized carbons (Fsp3) is 0.750. The Morgan fingerprint density at radius 3 is 3.11 bits per heavy atom. The van der Waals surface area contributed by atoms with Crippen LogP contribution in [0.25, 0.3) is 0 Å². The van der Waals surface area contributed by atoms with E-state index in [1.807, 2.05) is 6.92 Å². The van der Waals surface area contributed by atoms with Gasteiger partial charge in [-0.25, -0.2) is 0 Å². The number of aromatic nitrogens is 2. The molecule has 1 amide bonds. The largest absolute Gasteiger partial charge is 0.367 e. The first-order chi connectivity index (χ1) is 9.17. The number of nitrogens with one attached hydrogen (secondary N) is 2. The maximum Gasteiger partial charge on any atom is 0.237 e. The molecule has 2 N–H and O–H groups in total. The molecule has 2 atom stereocenters. The van der Waals surface area contributed by atoms with Gasteiger partial charge in [0.1, 0.15) is 5.60 Å². The number of piperazine rings is 1. The summed E-state index contributed by atoms with van der Waals surface area (Å²) < 4.78 is 10.9. The van der Waals surface area contributed by atoms with Crippen molar-refractivity contribution in [3.05, 3.63) is 11.7 Å². The second kappa shape index (κ2) is 4.90. The molecule has 0 bridgehead atoms. The van der Waals surface area contributed by atoms with Gasteiger partial charge in [0.05, 0.1) is 12.5 Å². The third-order valence-corrected chi connectivity index (χ3v) is 3.67. The highest BCUT2D eigenvalue weighted by atomic mass is 16.5. The maximum absolute atomic E-state index is 11.6. The van der Waals surface area contributed by atoms with Gasteiger partial charge in [-0.3, -0.25) is 4.79 Å². The Bertz CT molecular complexity index is 467. The first-order valence-electron chi connectivity index (χ1n) is 6.65. The van der Waals surface area contributed by atoms with Crippen LogP contribution in [0.15, 0.2) is 4.52 Å². The maximum atomic E-state index is 11.6. The monoisotopic (exact) mass is 266 g/mol. The minimum absolute atomic E-state index is 0.0191. The third kappa shape index (κ3) is 2.48. The molecule has 7 heteroatoms. The van der Waals surface area contributed by atoms with Crippen LogP contribution in [-0.2, 0) is 21.6 Å². The summed E-state index contributed by atoms with van der Waals surface area (Å²) in [6.45, 7) is 4.13. The smallest absolute Gasteiger partial charge is 0.237 e. The molecular weight excluding hydrogens is 248 g/mol. The second-order valence-electron chi connectivity index (χ2n) is 5.20. The van der Waals surface area contributed by atoms with Crippen molar-refractivity contribution in [2.45, 2.75) is 37.8 Å². The quantitative estimate of drug-likeness (QED) is 0.782. The molecule has 2 unspecified atom stereocenters. The van der Waals surface area contributed by atoms with Crippen LogP contribution in [0.3, 0.4) is 0 Å². The first-order valence-corrected chi connectivity index (χ1v) is 6.65. The van der Waals surface area contributed by atoms with Crippen LogP contribution in [0.1, 0.15) is 31.5 Å². The molecule has 2 aliphatic rings. The molecule has 3 rings (SSSR count). The molecule has 1 aromatic rings. The SMILES string of the molecule is CC1(c2noc(CC3NCCNC3=O)n2)CCCO1. The highest BCUT2D eigenvalue weighted by Crippen LogP contribution is 2.33. The second-order valence-corrected chi connectivity index (χ2v) is 5.20. The number of carbonyl (C=O) groups is 1. The van der Waals surface area contributed by atoms with Crippen molar-refractivity contribution in [1.82, 2.24) is 20.8 Å². The molecule has 2 fully saturated rings. The van der Waals surface area contributed by atoms with Crippen LogP contribution in [-0.4, -0.2) is 41.8 Å². The van der Waals surface area contributed by atoms with Gasteiger partial charge in [0, 0.05) is 19.7 Å². The zero-order chi connectivity index (χ0) is 13.3. The van der Waals surface area contributed by atoms with Crippen LogP contribution in [0.5, 0.6) is 0 Å². The molecule has 0 aliphatic carbocycles. The zero-order valence-electron chi connectivity index (χ0n) is 10.9. The van der Waals surface area contributed by atoms with Gasteiger partial charge in [-0.15, -0.1) is 0 Å². The summed E-state index contributed by atoms with van der Waals surface area (Å²) in [5, 5.41) is 9.93. The van der Waals surface area contributed by atoms with E-state index < -0.39 is 5.60 Å². The Morgan fingerprint density at radius 1 is 1.47 bits per heavy atom. The fourth-order valence-corrected chi connectivity index (χ4v) is 2.50. The van der Waals surface area contributed by atoms with Crippen molar-refractivity contribution in [2.24, 2.45) is 0 Å². The van der Waals surface area contributed by atoms with Gasteiger partial charge in [-0.05, 0) is 19.8 Å². The highest BCUT2D eigenvalue weighted by Gasteiger charge is 2.37. The van der Waals surface area contributed by atoms with Crippen molar-refractivity contribution < 1.29 is 14.1 Å². The molecule has 3 heterocycles. The van der Waals surface area contributed by atoms with Gasteiger partial charge < -0.3 is 19.9 Å². The fourth-order valence-electron chi connectivity index (χ4n) is 2.50. The zero-order valence-corrected chi connectivity index (χ0v) is 10.9. The van der Waals surface area contributed by atoms with Gasteiger partial charge in [0.2, 0.25) is 17.6 Å². The van der Waals surface area contributed by atoms with Gasteiger partial charge in [0.15, 0.2) is 0 Å². The molecular formula is C12H18N4O3. The standard InChI is InChI=1S/C12H18N4O3/c1-12(3-2-6-18-12)11-15-9(19-16-11)7-8-10(17)14-5-4-13-8/h8,13H,2-7H2,1H3,(H,14,17). The summed E-state index contributed by atoms with van der Waals surface area (Å²) in [6, 6.07) is -0.292. The van der Waals surface area contributed by atoms with E-state index in [0.717, 1.165) is 26.0 Å². The molecule has 2 saturated heterocycles. The molecule has 0 aromatic carbocycles. The lowest BCUT2D eigenvalue weighted by Gasteiger charge is -2.22. The summed E-state index contributed by atoms with van der Waals surface area (Å²) in [5.41, 5.74) is -0.440. The Morgan fingerprint density at radius 2 is 2.37 bits per heavy atom. The predicted octanol–water partition coefficient (Wildman–Crippen LogP) is -0.274. The number of hydrogen-bond donors (Lipinski definition) is 2. The first kappa shape index (κ1) is 12.6. The number of amides is 1. The highest BCUT2D eigenvalue weighted by molar-refractivity contribution is 5.82. The Balaban J connectivity index is 1.69. The van der Waals surface area contributed by atoms with Crippen LogP contribution in [0.4, 0.5) is 0 Å². The molecule has 0 spiro atoms. The van der Waals surface area contributed by atoms with Crippen LogP contribution >= 0.6 is 0 Å². The van der Waals surface area contributed by atoms with Gasteiger partial charge in [-0.2, -0.15) is 4.98 Å². The van der Waals surface area contributed by atoms with Crippen molar-refractivity contribution in [3.8, 4) is 0 Å². The molecule has 0 radical (unpaired) electrons. The average molecular weight is 266 g/mol. The Kier molecular flexibility index (Phi) is 3.24. The number of nitrogens with zero attached hydrogens (tertiary/aromatic N) is 2. The summed E-state index contributed by atoms with van der Waals surface area (Å²) in [6.07, 6.45) is 2.32. The minimum Gasteiger partial charge on any atom is -0.367 e. The number of carbonyl (C=O) groups excluding carboxylic acids is 1. The summed E-state index contributed by atoms with van der Waals surface area (Å²) in [4.78, 5) is 16.0. The minimum atomic E-state index is -0.440. The van der Waals surface area contributed by atoms with E-state index in [4.69, 9.17) is 9.26 Å². The van der Waals surface area contributed by atoms with E-state index in [1.165, 1.54) is 0 Å². The molecule has 2 aliphatic heterocycles. The summed E-state index contributed by atoms with van der Waals surface area (Å²) in [7, 11) is 0. The number of ether oxygens (including phenoxy) is 1. The topological polar surface area (TPSA) is 89.3 Å².